The molecule has 0 saturated heterocycles. The van der Waals surface area contributed by atoms with Gasteiger partial charge in [-0.2, -0.15) is 5.26 Å². The standard InChI is InChI=1S/C22H18N4O4/c1-22(7-8-22)21(30)26-16-4-2-3-13-10-17(24-18(13)16)19(27)25-15-6-5-12(11-23)9-14(15)20(28)29/h2-6,9-10,24H,7-8H2,1H3,(H,25,27)(H,26,30)(H,28,29). The number of nitriles is 1. The Morgan fingerprint density at radius 2 is 1.87 bits per heavy atom. The fourth-order valence-corrected chi connectivity index (χ4v) is 3.16. The zero-order valence-corrected chi connectivity index (χ0v) is 16.1. The fraction of sp³-hybridized carbons (Fsp3) is 0.182. The van der Waals surface area contributed by atoms with E-state index in [1.807, 2.05) is 19.1 Å². The molecule has 30 heavy (non-hydrogen) atoms. The van der Waals surface area contributed by atoms with E-state index < -0.39 is 11.9 Å². The van der Waals surface area contributed by atoms with Crippen molar-refractivity contribution in [2.75, 3.05) is 10.6 Å². The largest absolute Gasteiger partial charge is 0.478 e. The summed E-state index contributed by atoms with van der Waals surface area (Å²) in [5, 5.41) is 24.5. The summed E-state index contributed by atoms with van der Waals surface area (Å²) in [4.78, 5) is 39.6. The first-order chi connectivity index (χ1) is 14.3. The molecule has 0 radical (unpaired) electrons. The van der Waals surface area contributed by atoms with Gasteiger partial charge < -0.3 is 20.7 Å². The second kappa shape index (κ2) is 7.04. The quantitative estimate of drug-likeness (QED) is 0.516. The number of benzene rings is 2. The highest BCUT2D eigenvalue weighted by Gasteiger charge is 2.45. The molecule has 0 aliphatic heterocycles. The molecule has 1 aliphatic carbocycles. The molecular formula is C22H18N4O4. The minimum atomic E-state index is -1.25. The van der Waals surface area contributed by atoms with E-state index in [4.69, 9.17) is 5.26 Å². The van der Waals surface area contributed by atoms with Gasteiger partial charge in [-0.1, -0.05) is 19.1 Å². The summed E-state index contributed by atoms with van der Waals surface area (Å²) >= 11 is 0. The van der Waals surface area contributed by atoms with Crippen LogP contribution in [-0.2, 0) is 4.79 Å². The number of anilines is 2. The van der Waals surface area contributed by atoms with Gasteiger partial charge in [-0.15, -0.1) is 0 Å². The van der Waals surface area contributed by atoms with Crippen LogP contribution in [0.4, 0.5) is 11.4 Å². The van der Waals surface area contributed by atoms with Gasteiger partial charge in [0.05, 0.1) is 34.1 Å². The van der Waals surface area contributed by atoms with Crippen LogP contribution in [0, 0.1) is 16.7 Å². The summed E-state index contributed by atoms with van der Waals surface area (Å²) in [6.07, 6.45) is 1.70. The van der Waals surface area contributed by atoms with Gasteiger partial charge in [-0.25, -0.2) is 4.79 Å². The first kappa shape index (κ1) is 19.2. The Bertz CT molecular complexity index is 1250. The second-order valence-electron chi connectivity index (χ2n) is 7.60. The highest BCUT2D eigenvalue weighted by atomic mass is 16.4. The van der Waals surface area contributed by atoms with Crippen LogP contribution in [0.3, 0.4) is 0 Å². The second-order valence-corrected chi connectivity index (χ2v) is 7.60. The molecule has 4 N–H and O–H groups in total. The number of H-pyrrole nitrogens is 1. The number of hydrogen-bond donors (Lipinski definition) is 4. The van der Waals surface area contributed by atoms with Crippen molar-refractivity contribution in [3.05, 3.63) is 59.3 Å². The minimum absolute atomic E-state index is 0.0562. The van der Waals surface area contributed by atoms with Crippen molar-refractivity contribution in [2.45, 2.75) is 19.8 Å². The van der Waals surface area contributed by atoms with Crippen molar-refractivity contribution < 1.29 is 19.5 Å². The topological polar surface area (TPSA) is 135 Å². The molecule has 0 atom stereocenters. The van der Waals surface area contributed by atoms with Crippen molar-refractivity contribution in [3.63, 3.8) is 0 Å². The lowest BCUT2D eigenvalue weighted by Crippen LogP contribution is -2.21. The van der Waals surface area contributed by atoms with E-state index in [0.717, 1.165) is 18.2 Å². The summed E-state index contributed by atoms with van der Waals surface area (Å²) in [7, 11) is 0. The van der Waals surface area contributed by atoms with Crippen LogP contribution < -0.4 is 10.6 Å². The molecule has 1 heterocycles. The minimum Gasteiger partial charge on any atom is -0.478 e. The van der Waals surface area contributed by atoms with E-state index in [9.17, 15) is 19.5 Å². The third-order valence-electron chi connectivity index (χ3n) is 5.32. The maximum absolute atomic E-state index is 12.7. The molecule has 0 spiro atoms. The summed E-state index contributed by atoms with van der Waals surface area (Å²) in [5.74, 6) is -1.85. The third kappa shape index (κ3) is 3.49. The van der Waals surface area contributed by atoms with Crippen LogP contribution in [0.1, 0.15) is 46.2 Å². The summed E-state index contributed by atoms with van der Waals surface area (Å²) in [6, 6.07) is 12.9. The zero-order chi connectivity index (χ0) is 21.5. The molecule has 0 unspecified atom stereocenters. The van der Waals surface area contributed by atoms with Crippen LogP contribution in [0.15, 0.2) is 42.5 Å². The summed E-state index contributed by atoms with van der Waals surface area (Å²) < 4.78 is 0. The van der Waals surface area contributed by atoms with Crippen molar-refractivity contribution >= 4 is 40.1 Å². The number of aromatic amines is 1. The Kier molecular flexibility index (Phi) is 4.51. The molecule has 150 valence electrons. The Labute approximate surface area is 171 Å². The van der Waals surface area contributed by atoms with Crippen LogP contribution in [0.2, 0.25) is 0 Å². The number of nitrogens with zero attached hydrogens (tertiary/aromatic N) is 1. The third-order valence-corrected chi connectivity index (χ3v) is 5.32. The number of carbonyl (C=O) groups is 3. The number of fused-ring (bicyclic) bond motifs is 1. The average molecular weight is 402 g/mol. The predicted octanol–water partition coefficient (Wildman–Crippen LogP) is 3.73. The van der Waals surface area contributed by atoms with Gasteiger partial charge >= 0.3 is 5.97 Å². The van der Waals surface area contributed by atoms with Gasteiger partial charge in [0.2, 0.25) is 5.91 Å². The van der Waals surface area contributed by atoms with Gasteiger partial charge in [-0.05, 0) is 43.2 Å². The first-order valence-corrected chi connectivity index (χ1v) is 9.33. The fourth-order valence-electron chi connectivity index (χ4n) is 3.16. The lowest BCUT2D eigenvalue weighted by molar-refractivity contribution is -0.120. The van der Waals surface area contributed by atoms with E-state index in [2.05, 4.69) is 15.6 Å². The average Bonchev–Trinajstić information content (AvgIpc) is 3.32. The van der Waals surface area contributed by atoms with E-state index in [1.54, 1.807) is 18.2 Å². The molecule has 1 saturated carbocycles. The molecule has 1 fully saturated rings. The van der Waals surface area contributed by atoms with Crippen LogP contribution in [0.5, 0.6) is 0 Å². The Hall–Kier alpha value is -4.12. The van der Waals surface area contributed by atoms with Gasteiger partial charge in [0.25, 0.3) is 5.91 Å². The normalized spacial score (nSPS) is 14.0. The van der Waals surface area contributed by atoms with Crippen molar-refractivity contribution in [2.24, 2.45) is 5.41 Å². The predicted molar refractivity (Wildman–Crippen MR) is 110 cm³/mol. The molecule has 2 amide bonds. The Morgan fingerprint density at radius 1 is 1.10 bits per heavy atom. The van der Waals surface area contributed by atoms with E-state index >= 15 is 0 Å². The Balaban J connectivity index is 1.62. The van der Waals surface area contributed by atoms with Crippen molar-refractivity contribution in [1.82, 2.24) is 4.98 Å². The van der Waals surface area contributed by atoms with Crippen molar-refractivity contribution in [3.8, 4) is 6.07 Å². The molecular weight excluding hydrogens is 384 g/mol. The number of para-hydroxylation sites is 1. The van der Waals surface area contributed by atoms with E-state index in [0.29, 0.717) is 11.2 Å². The summed E-state index contributed by atoms with van der Waals surface area (Å²) in [5.41, 5.74) is 1.15. The molecule has 3 aromatic rings. The van der Waals surface area contributed by atoms with Crippen LogP contribution in [-0.4, -0.2) is 27.9 Å². The molecule has 1 aromatic heterocycles. The van der Waals surface area contributed by atoms with Gasteiger partial charge in [0.1, 0.15) is 5.69 Å². The highest BCUT2D eigenvalue weighted by molar-refractivity contribution is 6.11. The SMILES string of the molecule is CC1(C(=O)Nc2cccc3cc(C(=O)Nc4ccc(C#N)cc4C(=O)O)[nH]c23)CC1. The number of nitrogens with one attached hydrogen (secondary N) is 3. The van der Waals surface area contributed by atoms with E-state index in [1.165, 1.54) is 18.2 Å². The molecule has 1 aliphatic rings. The summed E-state index contributed by atoms with van der Waals surface area (Å²) in [6.45, 7) is 1.91. The maximum atomic E-state index is 12.7. The van der Waals surface area contributed by atoms with Crippen LogP contribution >= 0.6 is 0 Å². The lowest BCUT2D eigenvalue weighted by Gasteiger charge is -2.10. The van der Waals surface area contributed by atoms with Gasteiger partial charge in [-0.3, -0.25) is 9.59 Å². The highest BCUT2D eigenvalue weighted by Crippen LogP contribution is 2.46. The van der Waals surface area contributed by atoms with Crippen LogP contribution in [0.25, 0.3) is 10.9 Å². The number of aromatic nitrogens is 1. The number of hydrogen-bond acceptors (Lipinski definition) is 4. The monoisotopic (exact) mass is 402 g/mol. The molecule has 2 aromatic carbocycles. The van der Waals surface area contributed by atoms with E-state index in [-0.39, 0.29) is 33.8 Å². The number of amides is 2. The molecule has 8 heteroatoms. The molecule has 0 bridgehead atoms. The number of carboxylic acid groups (broad SMARTS) is 1. The maximum Gasteiger partial charge on any atom is 0.337 e. The molecule has 4 rings (SSSR count). The van der Waals surface area contributed by atoms with Crippen molar-refractivity contribution in [1.29, 1.82) is 5.26 Å². The van der Waals surface area contributed by atoms with Gasteiger partial charge in [0.15, 0.2) is 0 Å². The number of rotatable bonds is 5. The smallest absolute Gasteiger partial charge is 0.337 e. The number of carbonyl (C=O) groups excluding carboxylic acids is 2. The van der Waals surface area contributed by atoms with Gasteiger partial charge in [0, 0.05) is 10.8 Å². The zero-order valence-electron chi connectivity index (χ0n) is 16.1. The lowest BCUT2D eigenvalue weighted by atomic mass is 10.1. The Morgan fingerprint density at radius 3 is 2.53 bits per heavy atom. The first-order valence-electron chi connectivity index (χ1n) is 9.33. The number of carboxylic acids is 1. The molecule has 8 nitrogen and oxygen atoms in total. The number of aromatic carboxylic acids is 1.